The molecule has 0 aliphatic carbocycles. The van der Waals surface area contributed by atoms with Crippen molar-refractivity contribution in [3.63, 3.8) is 0 Å². The molecule has 9 heteroatoms. The molecule has 2 aliphatic rings. The molecule has 1 unspecified atom stereocenters. The number of imide groups is 2. The zero-order valence-corrected chi connectivity index (χ0v) is 15.9. The number of benzene rings is 2. The Labute approximate surface area is 175 Å². The predicted octanol–water partition coefficient (Wildman–Crippen LogP) is 2.87. The number of Topliss-reactive ketones (excluding diaryl/α,β-unsaturated/α-hetero) is 1. The lowest BCUT2D eigenvalue weighted by atomic mass is 9.94. The molecule has 0 bridgehead atoms. The number of hydrogen-bond acceptors (Lipinski definition) is 7. The van der Waals surface area contributed by atoms with E-state index in [1.807, 2.05) is 0 Å². The van der Waals surface area contributed by atoms with E-state index in [1.165, 1.54) is 42.7 Å². The first-order chi connectivity index (χ1) is 15.0. The van der Waals surface area contributed by atoms with E-state index in [-0.39, 0.29) is 29.4 Å². The Morgan fingerprint density at radius 2 is 1.71 bits per heavy atom. The highest BCUT2D eigenvalue weighted by Crippen LogP contribution is 2.46. The Hall–Kier alpha value is -4.40. The number of anilines is 1. The average Bonchev–Trinajstić information content (AvgIpc) is 3.51. The van der Waals surface area contributed by atoms with Gasteiger partial charge in [0.25, 0.3) is 11.8 Å². The number of furan rings is 1. The molecular weight excluding hydrogens is 404 g/mol. The van der Waals surface area contributed by atoms with E-state index in [0.29, 0.717) is 11.5 Å². The summed E-state index contributed by atoms with van der Waals surface area (Å²) in [5, 5.41) is 2.19. The summed E-state index contributed by atoms with van der Waals surface area (Å²) in [6.07, 6.45) is 1.32. The van der Waals surface area contributed by atoms with Gasteiger partial charge in [0.05, 0.1) is 12.0 Å². The second-order valence-corrected chi connectivity index (χ2v) is 6.84. The molecule has 0 radical (unpaired) electrons. The van der Waals surface area contributed by atoms with Crippen LogP contribution in [0.4, 0.5) is 10.5 Å². The van der Waals surface area contributed by atoms with Crippen molar-refractivity contribution in [3.05, 3.63) is 77.7 Å². The van der Waals surface area contributed by atoms with Crippen LogP contribution in [0.1, 0.15) is 32.4 Å². The maximum absolute atomic E-state index is 13.2. The molecule has 2 aliphatic heterocycles. The predicted molar refractivity (Wildman–Crippen MR) is 105 cm³/mol. The molecular formula is C22H14N2O7. The fourth-order valence-corrected chi connectivity index (χ4v) is 3.59. The van der Waals surface area contributed by atoms with E-state index < -0.39 is 29.5 Å². The van der Waals surface area contributed by atoms with E-state index in [9.17, 15) is 19.2 Å². The molecule has 0 saturated carbocycles. The highest BCUT2D eigenvalue weighted by molar-refractivity contribution is 6.31. The van der Waals surface area contributed by atoms with Crippen molar-refractivity contribution in [2.75, 3.05) is 11.7 Å². The molecule has 2 aromatic carbocycles. The minimum absolute atomic E-state index is 0.0235. The third kappa shape index (κ3) is 3.03. The minimum atomic E-state index is -1.33. The number of ether oxygens (including phenoxy) is 2. The van der Waals surface area contributed by atoms with Crippen LogP contribution in [-0.2, 0) is 4.79 Å². The van der Waals surface area contributed by atoms with Crippen LogP contribution in [0.5, 0.6) is 11.5 Å². The van der Waals surface area contributed by atoms with Gasteiger partial charge in [-0.05, 0) is 30.3 Å². The molecule has 0 spiro atoms. The SMILES string of the molecule is O=C(NC(=O)N1C(=O)C(C(=O)c2ccco2)c2cc3c(cc21)OCO3)c1ccccc1. The van der Waals surface area contributed by atoms with Crippen molar-refractivity contribution < 1.29 is 33.1 Å². The summed E-state index contributed by atoms with van der Waals surface area (Å²) in [5.74, 6) is -2.77. The van der Waals surface area contributed by atoms with Crippen LogP contribution in [0, 0.1) is 0 Å². The molecule has 1 atom stereocenters. The highest BCUT2D eigenvalue weighted by Gasteiger charge is 2.47. The average molecular weight is 418 g/mol. The van der Waals surface area contributed by atoms with Gasteiger partial charge in [0.1, 0.15) is 5.92 Å². The first-order valence-corrected chi connectivity index (χ1v) is 9.30. The Morgan fingerprint density at radius 3 is 2.42 bits per heavy atom. The van der Waals surface area contributed by atoms with Gasteiger partial charge in [-0.1, -0.05) is 18.2 Å². The number of ketones is 1. The van der Waals surface area contributed by atoms with Crippen LogP contribution in [0.3, 0.4) is 0 Å². The summed E-state index contributed by atoms with van der Waals surface area (Å²) in [6, 6.07) is 13.0. The Balaban J connectivity index is 1.52. The Bertz CT molecular complexity index is 1220. The number of rotatable bonds is 3. The molecule has 31 heavy (non-hydrogen) atoms. The molecule has 0 fully saturated rings. The van der Waals surface area contributed by atoms with Crippen molar-refractivity contribution in [1.29, 1.82) is 0 Å². The quantitative estimate of drug-likeness (QED) is 0.514. The third-order valence-corrected chi connectivity index (χ3v) is 5.03. The Morgan fingerprint density at radius 1 is 0.968 bits per heavy atom. The van der Waals surface area contributed by atoms with Crippen LogP contribution in [0.25, 0.3) is 0 Å². The maximum atomic E-state index is 13.2. The summed E-state index contributed by atoms with van der Waals surface area (Å²) in [5.41, 5.74) is 0.645. The van der Waals surface area contributed by atoms with Crippen LogP contribution < -0.4 is 19.7 Å². The fourth-order valence-electron chi connectivity index (χ4n) is 3.59. The first-order valence-electron chi connectivity index (χ1n) is 9.30. The van der Waals surface area contributed by atoms with Gasteiger partial charge in [0.2, 0.25) is 12.6 Å². The molecule has 154 valence electrons. The van der Waals surface area contributed by atoms with Gasteiger partial charge in [0.15, 0.2) is 17.3 Å². The standard InChI is InChI=1S/C22H14N2O7/c25-19(15-7-4-8-29-15)18-13-9-16-17(31-11-30-16)10-14(13)24(21(18)27)22(28)23-20(26)12-5-2-1-3-6-12/h1-10,18H,11H2,(H,23,26,28). The fraction of sp³-hybridized carbons (Fsp3) is 0.0909. The van der Waals surface area contributed by atoms with E-state index in [1.54, 1.807) is 18.2 Å². The summed E-state index contributed by atoms with van der Waals surface area (Å²) in [6.45, 7) is -0.0261. The normalized spacial score (nSPS) is 16.2. The van der Waals surface area contributed by atoms with Crippen molar-refractivity contribution in [2.24, 2.45) is 0 Å². The number of fused-ring (bicyclic) bond motifs is 2. The zero-order valence-electron chi connectivity index (χ0n) is 15.9. The van der Waals surface area contributed by atoms with Gasteiger partial charge >= 0.3 is 6.03 Å². The number of carbonyl (C=O) groups excluding carboxylic acids is 4. The van der Waals surface area contributed by atoms with E-state index in [2.05, 4.69) is 5.32 Å². The number of carbonyl (C=O) groups is 4. The number of amides is 4. The van der Waals surface area contributed by atoms with Crippen molar-refractivity contribution in [2.45, 2.75) is 5.92 Å². The maximum Gasteiger partial charge on any atom is 0.335 e. The van der Waals surface area contributed by atoms with Crippen molar-refractivity contribution in [1.82, 2.24) is 5.32 Å². The van der Waals surface area contributed by atoms with E-state index >= 15 is 0 Å². The molecule has 9 nitrogen and oxygen atoms in total. The van der Waals surface area contributed by atoms with E-state index in [4.69, 9.17) is 13.9 Å². The van der Waals surface area contributed by atoms with Gasteiger partial charge in [0, 0.05) is 17.2 Å². The molecule has 1 aromatic heterocycles. The van der Waals surface area contributed by atoms with Gasteiger partial charge < -0.3 is 13.9 Å². The third-order valence-electron chi connectivity index (χ3n) is 5.03. The van der Waals surface area contributed by atoms with Crippen LogP contribution in [0.15, 0.2) is 65.3 Å². The topological polar surface area (TPSA) is 115 Å². The number of nitrogens with zero attached hydrogens (tertiary/aromatic N) is 1. The molecule has 1 N–H and O–H groups in total. The number of urea groups is 1. The lowest BCUT2D eigenvalue weighted by molar-refractivity contribution is -0.117. The lowest BCUT2D eigenvalue weighted by Gasteiger charge is -2.16. The van der Waals surface area contributed by atoms with Gasteiger partial charge in [-0.3, -0.25) is 19.7 Å². The second-order valence-electron chi connectivity index (χ2n) is 6.84. The van der Waals surface area contributed by atoms with E-state index in [0.717, 1.165) is 4.90 Å². The highest BCUT2D eigenvalue weighted by atomic mass is 16.7. The van der Waals surface area contributed by atoms with Gasteiger partial charge in [-0.15, -0.1) is 0 Å². The molecule has 0 saturated heterocycles. The Kier molecular flexibility index (Phi) is 4.28. The van der Waals surface area contributed by atoms with Crippen molar-refractivity contribution >= 4 is 29.3 Å². The minimum Gasteiger partial charge on any atom is -0.461 e. The number of hydrogen-bond donors (Lipinski definition) is 1. The summed E-state index contributed by atoms with van der Waals surface area (Å²) in [7, 11) is 0. The summed E-state index contributed by atoms with van der Waals surface area (Å²) >= 11 is 0. The summed E-state index contributed by atoms with van der Waals surface area (Å²) in [4.78, 5) is 52.3. The number of nitrogens with one attached hydrogen (secondary N) is 1. The van der Waals surface area contributed by atoms with Crippen LogP contribution in [0.2, 0.25) is 0 Å². The van der Waals surface area contributed by atoms with Crippen molar-refractivity contribution in [3.8, 4) is 11.5 Å². The lowest BCUT2D eigenvalue weighted by Crippen LogP contribution is -2.45. The molecule has 3 heterocycles. The molecule has 5 rings (SSSR count). The second kappa shape index (κ2) is 7.13. The monoisotopic (exact) mass is 418 g/mol. The van der Waals surface area contributed by atoms with Crippen LogP contribution >= 0.6 is 0 Å². The van der Waals surface area contributed by atoms with Crippen LogP contribution in [-0.4, -0.2) is 30.4 Å². The smallest absolute Gasteiger partial charge is 0.335 e. The van der Waals surface area contributed by atoms with Gasteiger partial charge in [-0.2, -0.15) is 0 Å². The van der Waals surface area contributed by atoms with Gasteiger partial charge in [-0.25, -0.2) is 9.69 Å². The molecule has 3 aromatic rings. The molecule has 4 amide bonds. The zero-order chi connectivity index (χ0) is 21.5. The first kappa shape index (κ1) is 18.6. The largest absolute Gasteiger partial charge is 0.461 e. The summed E-state index contributed by atoms with van der Waals surface area (Å²) < 4.78 is 15.8.